The SMILES string of the molecule is CC(=O)Nc1nc(C(=O)NOCc2ccccc2)cs1. The Morgan fingerprint density at radius 2 is 2.05 bits per heavy atom. The molecular weight excluding hydrogens is 278 g/mol. The monoisotopic (exact) mass is 291 g/mol. The third kappa shape index (κ3) is 4.15. The van der Waals surface area contributed by atoms with E-state index in [0.717, 1.165) is 5.56 Å². The lowest BCUT2D eigenvalue weighted by molar-refractivity contribution is -0.114. The fraction of sp³-hybridized carbons (Fsp3) is 0.154. The van der Waals surface area contributed by atoms with Crippen LogP contribution < -0.4 is 10.8 Å². The van der Waals surface area contributed by atoms with Crippen molar-refractivity contribution in [2.24, 2.45) is 0 Å². The number of rotatable bonds is 5. The molecular formula is C13H13N3O3S. The van der Waals surface area contributed by atoms with Gasteiger partial charge < -0.3 is 5.32 Å². The van der Waals surface area contributed by atoms with E-state index in [1.165, 1.54) is 18.3 Å². The van der Waals surface area contributed by atoms with Crippen molar-refractivity contribution in [3.05, 3.63) is 47.0 Å². The summed E-state index contributed by atoms with van der Waals surface area (Å²) in [5, 5.41) is 4.44. The van der Waals surface area contributed by atoms with E-state index in [-0.39, 0.29) is 18.2 Å². The molecule has 0 bridgehead atoms. The average molecular weight is 291 g/mol. The van der Waals surface area contributed by atoms with Crippen LogP contribution in [0.1, 0.15) is 23.0 Å². The first-order valence-electron chi connectivity index (χ1n) is 5.84. The van der Waals surface area contributed by atoms with E-state index in [4.69, 9.17) is 4.84 Å². The Kier molecular flexibility index (Phi) is 4.80. The van der Waals surface area contributed by atoms with Gasteiger partial charge in [-0.15, -0.1) is 11.3 Å². The van der Waals surface area contributed by atoms with Crippen molar-refractivity contribution in [2.75, 3.05) is 5.32 Å². The van der Waals surface area contributed by atoms with Gasteiger partial charge >= 0.3 is 0 Å². The summed E-state index contributed by atoms with van der Waals surface area (Å²) in [7, 11) is 0. The number of hydrogen-bond acceptors (Lipinski definition) is 5. The Bertz CT molecular complexity index is 598. The third-order valence-electron chi connectivity index (χ3n) is 2.27. The Labute approximate surface area is 119 Å². The van der Waals surface area contributed by atoms with Crippen LogP contribution in [-0.2, 0) is 16.2 Å². The number of thiazole rings is 1. The first-order chi connectivity index (χ1) is 9.65. The number of nitrogens with zero attached hydrogens (tertiary/aromatic N) is 1. The number of benzene rings is 1. The van der Waals surface area contributed by atoms with Gasteiger partial charge in [-0.05, 0) is 5.56 Å². The molecule has 0 saturated carbocycles. The summed E-state index contributed by atoms with van der Waals surface area (Å²) in [4.78, 5) is 31.7. The quantitative estimate of drug-likeness (QED) is 0.825. The molecule has 0 radical (unpaired) electrons. The predicted molar refractivity (Wildman–Crippen MR) is 75.1 cm³/mol. The highest BCUT2D eigenvalue weighted by atomic mass is 32.1. The zero-order valence-corrected chi connectivity index (χ0v) is 11.6. The molecule has 1 aromatic heterocycles. The molecule has 2 aromatic rings. The molecule has 1 aromatic carbocycles. The van der Waals surface area contributed by atoms with Gasteiger partial charge in [0.05, 0.1) is 6.61 Å². The van der Waals surface area contributed by atoms with Gasteiger partial charge in [0.2, 0.25) is 5.91 Å². The molecule has 2 rings (SSSR count). The second kappa shape index (κ2) is 6.78. The largest absolute Gasteiger partial charge is 0.302 e. The molecule has 0 aliphatic rings. The molecule has 0 aliphatic heterocycles. The van der Waals surface area contributed by atoms with Crippen molar-refractivity contribution in [3.8, 4) is 0 Å². The van der Waals surface area contributed by atoms with Gasteiger partial charge in [-0.2, -0.15) is 0 Å². The maximum Gasteiger partial charge on any atom is 0.294 e. The predicted octanol–water partition coefficient (Wildman–Crippen LogP) is 1.96. The highest BCUT2D eigenvalue weighted by Gasteiger charge is 2.11. The molecule has 2 amide bonds. The molecule has 2 N–H and O–H groups in total. The number of hydrogen-bond donors (Lipinski definition) is 2. The molecule has 20 heavy (non-hydrogen) atoms. The van der Waals surface area contributed by atoms with Crippen LogP contribution in [0.15, 0.2) is 35.7 Å². The van der Waals surface area contributed by atoms with E-state index in [0.29, 0.717) is 5.13 Å². The molecule has 7 heteroatoms. The van der Waals surface area contributed by atoms with Crippen LogP contribution >= 0.6 is 11.3 Å². The van der Waals surface area contributed by atoms with E-state index >= 15 is 0 Å². The van der Waals surface area contributed by atoms with Gasteiger partial charge in [-0.1, -0.05) is 30.3 Å². The molecule has 0 fully saturated rings. The number of amides is 2. The third-order valence-corrected chi connectivity index (χ3v) is 3.02. The number of carbonyl (C=O) groups excluding carboxylic acids is 2. The number of anilines is 1. The molecule has 0 atom stereocenters. The van der Waals surface area contributed by atoms with Crippen molar-refractivity contribution in [1.82, 2.24) is 10.5 Å². The molecule has 0 aliphatic carbocycles. The molecule has 6 nitrogen and oxygen atoms in total. The lowest BCUT2D eigenvalue weighted by atomic mass is 10.2. The van der Waals surface area contributed by atoms with Gasteiger partial charge in [0.1, 0.15) is 5.69 Å². The van der Waals surface area contributed by atoms with Crippen LogP contribution in [0.3, 0.4) is 0 Å². The molecule has 104 valence electrons. The molecule has 0 spiro atoms. The van der Waals surface area contributed by atoms with Crippen molar-refractivity contribution in [1.29, 1.82) is 0 Å². The lowest BCUT2D eigenvalue weighted by Gasteiger charge is -2.04. The standard InChI is InChI=1S/C13H13N3O3S/c1-9(17)14-13-15-11(8-20-13)12(18)16-19-7-10-5-3-2-4-6-10/h2-6,8H,7H2,1H3,(H,16,18)(H,14,15,17). The van der Waals surface area contributed by atoms with Crippen LogP contribution in [-0.4, -0.2) is 16.8 Å². The second-order valence-electron chi connectivity index (χ2n) is 3.92. The van der Waals surface area contributed by atoms with E-state index in [1.807, 2.05) is 30.3 Å². The first kappa shape index (κ1) is 14.2. The maximum atomic E-state index is 11.7. The molecule has 0 saturated heterocycles. The van der Waals surface area contributed by atoms with Crippen LogP contribution in [0, 0.1) is 0 Å². The van der Waals surface area contributed by atoms with Crippen molar-refractivity contribution in [3.63, 3.8) is 0 Å². The molecule has 0 unspecified atom stereocenters. The minimum absolute atomic E-state index is 0.201. The summed E-state index contributed by atoms with van der Waals surface area (Å²) in [6.45, 7) is 1.65. The van der Waals surface area contributed by atoms with Crippen LogP contribution in [0.5, 0.6) is 0 Å². The molecule has 1 heterocycles. The van der Waals surface area contributed by atoms with Gasteiger partial charge in [-0.3, -0.25) is 14.4 Å². The Balaban J connectivity index is 1.83. The fourth-order valence-corrected chi connectivity index (χ4v) is 2.13. The fourth-order valence-electron chi connectivity index (χ4n) is 1.40. The van der Waals surface area contributed by atoms with Crippen LogP contribution in [0.2, 0.25) is 0 Å². The zero-order valence-electron chi connectivity index (χ0n) is 10.8. The highest BCUT2D eigenvalue weighted by Crippen LogP contribution is 2.15. The van der Waals surface area contributed by atoms with Crippen molar-refractivity contribution in [2.45, 2.75) is 13.5 Å². The van der Waals surface area contributed by atoms with Crippen molar-refractivity contribution < 1.29 is 14.4 Å². The number of nitrogens with one attached hydrogen (secondary N) is 2. The van der Waals surface area contributed by atoms with Crippen molar-refractivity contribution >= 4 is 28.3 Å². The highest BCUT2D eigenvalue weighted by molar-refractivity contribution is 7.14. The maximum absolute atomic E-state index is 11.7. The topological polar surface area (TPSA) is 80.3 Å². The average Bonchev–Trinajstić information content (AvgIpc) is 2.87. The minimum atomic E-state index is -0.450. The van der Waals surface area contributed by atoms with E-state index in [9.17, 15) is 9.59 Å². The minimum Gasteiger partial charge on any atom is -0.302 e. The Morgan fingerprint density at radius 3 is 2.75 bits per heavy atom. The zero-order chi connectivity index (χ0) is 14.4. The summed E-state index contributed by atoms with van der Waals surface area (Å²) in [6.07, 6.45) is 0. The Morgan fingerprint density at radius 1 is 1.30 bits per heavy atom. The summed E-state index contributed by atoms with van der Waals surface area (Å²) < 4.78 is 0. The summed E-state index contributed by atoms with van der Waals surface area (Å²) in [6, 6.07) is 9.47. The van der Waals surface area contributed by atoms with E-state index in [1.54, 1.807) is 5.38 Å². The van der Waals surface area contributed by atoms with Crippen LogP contribution in [0.25, 0.3) is 0 Å². The van der Waals surface area contributed by atoms with E-state index < -0.39 is 5.91 Å². The second-order valence-corrected chi connectivity index (χ2v) is 4.78. The van der Waals surface area contributed by atoms with Gasteiger partial charge in [0.15, 0.2) is 5.13 Å². The smallest absolute Gasteiger partial charge is 0.294 e. The number of aromatic nitrogens is 1. The van der Waals surface area contributed by atoms with Gasteiger partial charge in [-0.25, -0.2) is 10.5 Å². The first-order valence-corrected chi connectivity index (χ1v) is 6.72. The van der Waals surface area contributed by atoms with E-state index in [2.05, 4.69) is 15.8 Å². The van der Waals surface area contributed by atoms with Gasteiger partial charge in [0, 0.05) is 12.3 Å². The summed E-state index contributed by atoms with van der Waals surface area (Å²) in [5.74, 6) is -0.680. The normalized spacial score (nSPS) is 10.1. The number of hydroxylamine groups is 1. The van der Waals surface area contributed by atoms with Gasteiger partial charge in [0.25, 0.3) is 5.91 Å². The Hall–Kier alpha value is -2.25. The summed E-state index contributed by atoms with van der Waals surface area (Å²) in [5.41, 5.74) is 3.46. The lowest BCUT2D eigenvalue weighted by Crippen LogP contribution is -2.23. The number of carbonyl (C=O) groups is 2. The van der Waals surface area contributed by atoms with Crippen LogP contribution in [0.4, 0.5) is 5.13 Å². The summed E-state index contributed by atoms with van der Waals surface area (Å²) >= 11 is 1.18.